The van der Waals surface area contributed by atoms with Crippen LogP contribution in [0.1, 0.15) is 44.6 Å². The number of amides is 1. The third-order valence-corrected chi connectivity index (χ3v) is 3.72. The van der Waals surface area contributed by atoms with E-state index in [1.165, 1.54) is 0 Å². The number of hydrogen-bond acceptors (Lipinski definition) is 3. The molecule has 1 aromatic rings. The highest BCUT2D eigenvalue weighted by Crippen LogP contribution is 2.18. The predicted molar refractivity (Wildman–Crippen MR) is 86.1 cm³/mol. The van der Waals surface area contributed by atoms with Gasteiger partial charge in [0.15, 0.2) is 0 Å². The summed E-state index contributed by atoms with van der Waals surface area (Å²) in [7, 11) is 1.64. The Morgan fingerprint density at radius 3 is 2.71 bits per heavy atom. The molecule has 0 saturated carbocycles. The highest BCUT2D eigenvalue weighted by atomic mass is 16.5. The van der Waals surface area contributed by atoms with Crippen molar-refractivity contribution in [1.82, 2.24) is 5.32 Å². The number of para-hydroxylation sites is 1. The van der Waals surface area contributed by atoms with Gasteiger partial charge in [-0.25, -0.2) is 0 Å². The Morgan fingerprint density at radius 1 is 1.29 bits per heavy atom. The van der Waals surface area contributed by atoms with Crippen molar-refractivity contribution in [3.05, 3.63) is 29.8 Å². The molecule has 21 heavy (non-hydrogen) atoms. The van der Waals surface area contributed by atoms with Crippen LogP contribution in [0.25, 0.3) is 0 Å². The third-order valence-electron chi connectivity index (χ3n) is 3.72. The largest absolute Gasteiger partial charge is 0.496 e. The predicted octanol–water partition coefficient (Wildman–Crippen LogP) is 2.86. The number of methoxy groups -OCH3 is 1. The summed E-state index contributed by atoms with van der Waals surface area (Å²) < 4.78 is 5.27. The quantitative estimate of drug-likeness (QED) is 0.697. The van der Waals surface area contributed by atoms with Gasteiger partial charge < -0.3 is 15.8 Å². The number of carbonyl (C=O) groups excluding carboxylic acids is 1. The molecule has 0 heterocycles. The van der Waals surface area contributed by atoms with Gasteiger partial charge in [0, 0.05) is 18.5 Å². The SMILES string of the molecule is CCCC(CCN)CCC(=O)NCc1ccccc1OC. The Labute approximate surface area is 128 Å². The lowest BCUT2D eigenvalue weighted by atomic mass is 9.94. The molecule has 4 nitrogen and oxygen atoms in total. The molecule has 1 unspecified atom stereocenters. The van der Waals surface area contributed by atoms with Crippen LogP contribution in [0.3, 0.4) is 0 Å². The topological polar surface area (TPSA) is 64.4 Å². The van der Waals surface area contributed by atoms with E-state index in [2.05, 4.69) is 12.2 Å². The molecule has 3 N–H and O–H groups in total. The summed E-state index contributed by atoms with van der Waals surface area (Å²) in [6, 6.07) is 7.74. The molecule has 1 rings (SSSR count). The molecule has 118 valence electrons. The number of nitrogens with two attached hydrogens (primary N) is 1. The summed E-state index contributed by atoms with van der Waals surface area (Å²) in [6.45, 7) is 3.39. The zero-order valence-electron chi connectivity index (χ0n) is 13.2. The fourth-order valence-corrected chi connectivity index (χ4v) is 2.54. The normalized spacial score (nSPS) is 12.0. The van der Waals surface area contributed by atoms with Crippen LogP contribution in [0, 0.1) is 5.92 Å². The Balaban J connectivity index is 2.36. The van der Waals surface area contributed by atoms with Crippen molar-refractivity contribution in [3.63, 3.8) is 0 Å². The zero-order valence-corrected chi connectivity index (χ0v) is 13.2. The summed E-state index contributed by atoms with van der Waals surface area (Å²) >= 11 is 0. The molecule has 1 amide bonds. The summed E-state index contributed by atoms with van der Waals surface area (Å²) in [4.78, 5) is 11.9. The van der Waals surface area contributed by atoms with Gasteiger partial charge in [-0.1, -0.05) is 38.0 Å². The summed E-state index contributed by atoms with van der Waals surface area (Å²) in [5.74, 6) is 1.47. The first-order valence-corrected chi connectivity index (χ1v) is 7.79. The molecule has 1 aromatic carbocycles. The van der Waals surface area contributed by atoms with Gasteiger partial charge in [-0.3, -0.25) is 4.79 Å². The van der Waals surface area contributed by atoms with Crippen molar-refractivity contribution in [2.45, 2.75) is 45.6 Å². The van der Waals surface area contributed by atoms with Crippen LogP contribution in [-0.4, -0.2) is 19.6 Å². The molecule has 4 heteroatoms. The van der Waals surface area contributed by atoms with E-state index in [9.17, 15) is 4.79 Å². The van der Waals surface area contributed by atoms with Gasteiger partial charge >= 0.3 is 0 Å². The van der Waals surface area contributed by atoms with E-state index >= 15 is 0 Å². The average Bonchev–Trinajstić information content (AvgIpc) is 2.51. The highest BCUT2D eigenvalue weighted by molar-refractivity contribution is 5.75. The summed E-state index contributed by atoms with van der Waals surface area (Å²) in [5, 5.41) is 2.96. The van der Waals surface area contributed by atoms with E-state index in [0.29, 0.717) is 25.4 Å². The zero-order chi connectivity index (χ0) is 15.5. The van der Waals surface area contributed by atoms with E-state index in [0.717, 1.165) is 37.0 Å². The Morgan fingerprint density at radius 2 is 2.05 bits per heavy atom. The Hall–Kier alpha value is -1.55. The fourth-order valence-electron chi connectivity index (χ4n) is 2.54. The van der Waals surface area contributed by atoms with Crippen molar-refractivity contribution >= 4 is 5.91 Å². The molecular formula is C17H28N2O2. The molecular weight excluding hydrogens is 264 g/mol. The Bertz CT molecular complexity index is 415. The van der Waals surface area contributed by atoms with Crippen molar-refractivity contribution in [2.75, 3.05) is 13.7 Å². The maximum Gasteiger partial charge on any atom is 0.220 e. The Kier molecular flexibility index (Phi) is 8.51. The number of carbonyl (C=O) groups is 1. The maximum atomic E-state index is 11.9. The first kappa shape index (κ1) is 17.5. The molecule has 0 aliphatic rings. The minimum Gasteiger partial charge on any atom is -0.496 e. The summed E-state index contributed by atoms with van der Waals surface area (Å²) in [6.07, 6.45) is 4.79. The van der Waals surface area contributed by atoms with Crippen LogP contribution in [0.4, 0.5) is 0 Å². The minimum atomic E-state index is 0.0963. The molecule has 0 radical (unpaired) electrons. The van der Waals surface area contributed by atoms with Gasteiger partial charge in [-0.2, -0.15) is 0 Å². The molecule has 0 bridgehead atoms. The number of benzene rings is 1. The van der Waals surface area contributed by atoms with E-state index in [-0.39, 0.29) is 5.91 Å². The number of rotatable bonds is 10. The maximum absolute atomic E-state index is 11.9. The lowest BCUT2D eigenvalue weighted by molar-refractivity contribution is -0.121. The minimum absolute atomic E-state index is 0.0963. The average molecular weight is 292 g/mol. The molecule has 0 saturated heterocycles. The van der Waals surface area contributed by atoms with Gasteiger partial charge in [-0.05, 0) is 31.4 Å². The van der Waals surface area contributed by atoms with Crippen molar-refractivity contribution in [1.29, 1.82) is 0 Å². The molecule has 0 aliphatic carbocycles. The lowest BCUT2D eigenvalue weighted by Crippen LogP contribution is -2.23. The number of nitrogens with one attached hydrogen (secondary N) is 1. The van der Waals surface area contributed by atoms with Gasteiger partial charge in [0.25, 0.3) is 0 Å². The van der Waals surface area contributed by atoms with Crippen LogP contribution in [-0.2, 0) is 11.3 Å². The van der Waals surface area contributed by atoms with E-state index < -0.39 is 0 Å². The first-order chi connectivity index (χ1) is 10.2. The third kappa shape index (κ3) is 6.63. The number of hydrogen-bond donors (Lipinski definition) is 2. The van der Waals surface area contributed by atoms with Gasteiger partial charge in [0.05, 0.1) is 7.11 Å². The van der Waals surface area contributed by atoms with Crippen LogP contribution in [0.5, 0.6) is 5.75 Å². The fraction of sp³-hybridized carbons (Fsp3) is 0.588. The van der Waals surface area contributed by atoms with Crippen molar-refractivity contribution < 1.29 is 9.53 Å². The molecule has 0 aliphatic heterocycles. The molecule has 0 fully saturated rings. The number of ether oxygens (including phenoxy) is 1. The van der Waals surface area contributed by atoms with Crippen LogP contribution in [0.15, 0.2) is 24.3 Å². The van der Waals surface area contributed by atoms with Crippen molar-refractivity contribution in [2.24, 2.45) is 11.7 Å². The molecule has 0 aromatic heterocycles. The summed E-state index contributed by atoms with van der Waals surface area (Å²) in [5.41, 5.74) is 6.62. The van der Waals surface area contributed by atoms with E-state index in [1.54, 1.807) is 7.11 Å². The molecule has 0 spiro atoms. The monoisotopic (exact) mass is 292 g/mol. The van der Waals surface area contributed by atoms with Gasteiger partial charge in [-0.15, -0.1) is 0 Å². The lowest BCUT2D eigenvalue weighted by Gasteiger charge is -2.15. The second-order valence-electron chi connectivity index (χ2n) is 5.36. The highest BCUT2D eigenvalue weighted by Gasteiger charge is 2.10. The smallest absolute Gasteiger partial charge is 0.220 e. The second-order valence-corrected chi connectivity index (χ2v) is 5.36. The van der Waals surface area contributed by atoms with Crippen LogP contribution >= 0.6 is 0 Å². The van der Waals surface area contributed by atoms with Gasteiger partial charge in [0.2, 0.25) is 5.91 Å². The first-order valence-electron chi connectivity index (χ1n) is 7.79. The van der Waals surface area contributed by atoms with Crippen LogP contribution in [0.2, 0.25) is 0 Å². The van der Waals surface area contributed by atoms with Gasteiger partial charge in [0.1, 0.15) is 5.75 Å². The van der Waals surface area contributed by atoms with E-state index in [1.807, 2.05) is 24.3 Å². The van der Waals surface area contributed by atoms with E-state index in [4.69, 9.17) is 10.5 Å². The second kappa shape index (κ2) is 10.2. The standard InChI is InChI=1S/C17H28N2O2/c1-3-6-14(11-12-18)9-10-17(20)19-13-15-7-4-5-8-16(15)21-2/h4-5,7-8,14H,3,6,9-13,18H2,1-2H3,(H,19,20). The molecule has 1 atom stereocenters. The van der Waals surface area contributed by atoms with Crippen LogP contribution < -0.4 is 15.8 Å². The van der Waals surface area contributed by atoms with Crippen molar-refractivity contribution in [3.8, 4) is 5.75 Å².